The summed E-state index contributed by atoms with van der Waals surface area (Å²) in [5.74, 6) is 5.35. The van der Waals surface area contributed by atoms with Crippen LogP contribution in [0.4, 0.5) is 0 Å². The number of benzene rings is 6. The SMILES string of the molecule is C1=CC2=C(CC1)C1(c3ccccc3Oc3ccccc31)c1cccc(-c3cc(-c4ccc(C56CC7[C@H](CC[C@H]7C5)C6)cc4)nc(-c4ccc5c(c4)oc4ccccc45)n3)c12. The second-order valence-electron chi connectivity index (χ2n) is 18.4. The Kier molecular flexibility index (Phi) is 6.69. The molecule has 1 aliphatic heterocycles. The van der Waals surface area contributed by atoms with Crippen LogP contribution in [0.25, 0.3) is 61.4 Å². The normalized spacial score (nSPS) is 23.6. The molecule has 4 atom stereocenters. The minimum absolute atomic E-state index is 0.361. The monoisotopic (exact) mass is 774 g/mol. The molecule has 1 spiro atoms. The first kappa shape index (κ1) is 33.3. The van der Waals surface area contributed by atoms with E-state index in [0.29, 0.717) is 11.2 Å². The van der Waals surface area contributed by atoms with Gasteiger partial charge in [-0.2, -0.15) is 0 Å². The summed E-state index contributed by atoms with van der Waals surface area (Å²) in [7, 11) is 0. The van der Waals surface area contributed by atoms with E-state index in [2.05, 4.69) is 140 Å². The highest BCUT2D eigenvalue weighted by atomic mass is 16.5. The van der Waals surface area contributed by atoms with Crippen molar-refractivity contribution in [1.82, 2.24) is 9.97 Å². The fourth-order valence-electron chi connectivity index (χ4n) is 13.3. The maximum absolute atomic E-state index is 6.65. The van der Waals surface area contributed by atoms with Crippen molar-refractivity contribution < 1.29 is 9.15 Å². The molecule has 0 radical (unpaired) electrons. The van der Waals surface area contributed by atoms with Gasteiger partial charge in [0.05, 0.1) is 16.8 Å². The second kappa shape index (κ2) is 12.0. The Morgan fingerprint density at radius 3 is 2.08 bits per heavy atom. The zero-order chi connectivity index (χ0) is 39.2. The molecule has 3 heterocycles. The Morgan fingerprint density at radius 2 is 1.28 bits per heavy atom. The molecule has 0 N–H and O–H groups in total. The number of aromatic nitrogens is 2. The Bertz CT molecular complexity index is 3140. The van der Waals surface area contributed by atoms with Crippen molar-refractivity contribution in [2.75, 3.05) is 0 Å². The van der Waals surface area contributed by atoms with Crippen LogP contribution in [0.5, 0.6) is 11.5 Å². The van der Waals surface area contributed by atoms with Gasteiger partial charge in [0.1, 0.15) is 22.7 Å². The van der Waals surface area contributed by atoms with Crippen molar-refractivity contribution in [2.24, 2.45) is 17.8 Å². The van der Waals surface area contributed by atoms with Gasteiger partial charge in [0.2, 0.25) is 0 Å². The van der Waals surface area contributed by atoms with Crippen molar-refractivity contribution in [3.63, 3.8) is 0 Å². The molecule has 2 bridgehead atoms. The summed E-state index contributed by atoms with van der Waals surface area (Å²) in [6, 6.07) is 50.6. The van der Waals surface area contributed by atoms with Gasteiger partial charge in [-0.05, 0) is 132 Å². The van der Waals surface area contributed by atoms with Crippen LogP contribution in [0.15, 0.2) is 162 Å². The molecular formula is C56H42N2O2. The fraction of sp³-hybridized carbons (Fsp3) is 0.214. The molecule has 0 amide bonds. The van der Waals surface area contributed by atoms with E-state index >= 15 is 0 Å². The van der Waals surface area contributed by atoms with E-state index in [1.165, 1.54) is 71.1 Å². The van der Waals surface area contributed by atoms with E-state index in [0.717, 1.165) is 92.1 Å². The molecule has 2 aromatic heterocycles. The first-order chi connectivity index (χ1) is 29.6. The lowest BCUT2D eigenvalue weighted by Crippen LogP contribution is -2.33. The Labute approximate surface area is 349 Å². The summed E-state index contributed by atoms with van der Waals surface area (Å²) in [5.41, 5.74) is 15.8. The highest BCUT2D eigenvalue weighted by Crippen LogP contribution is 2.67. The molecule has 3 fully saturated rings. The van der Waals surface area contributed by atoms with Gasteiger partial charge in [0.15, 0.2) is 5.82 Å². The number of para-hydroxylation sites is 3. The van der Waals surface area contributed by atoms with Crippen molar-refractivity contribution in [3.05, 3.63) is 185 Å². The largest absolute Gasteiger partial charge is 0.457 e. The number of rotatable bonds is 4. The zero-order valence-corrected chi connectivity index (χ0v) is 33.3. The van der Waals surface area contributed by atoms with E-state index in [-0.39, 0.29) is 0 Å². The maximum atomic E-state index is 6.65. The lowest BCUT2D eigenvalue weighted by atomic mass is 9.64. The highest BCUT2D eigenvalue weighted by molar-refractivity contribution is 6.06. The van der Waals surface area contributed by atoms with E-state index in [1.807, 2.05) is 12.1 Å². The molecule has 60 heavy (non-hydrogen) atoms. The third-order valence-electron chi connectivity index (χ3n) is 15.6. The molecule has 6 aromatic carbocycles. The predicted octanol–water partition coefficient (Wildman–Crippen LogP) is 14.0. The number of allylic oxidation sites excluding steroid dienone is 4. The first-order valence-corrected chi connectivity index (χ1v) is 22.0. The van der Waals surface area contributed by atoms with Crippen molar-refractivity contribution in [3.8, 4) is 45.4 Å². The smallest absolute Gasteiger partial charge is 0.160 e. The maximum Gasteiger partial charge on any atom is 0.160 e. The number of hydrogen-bond acceptors (Lipinski definition) is 4. The molecule has 4 heteroatoms. The van der Waals surface area contributed by atoms with Crippen LogP contribution in [0.2, 0.25) is 0 Å². The number of nitrogens with zero attached hydrogens (tertiary/aromatic N) is 2. The summed E-state index contributed by atoms with van der Waals surface area (Å²) in [6.45, 7) is 0. The average Bonchev–Trinajstić information content (AvgIpc) is 4.09. The van der Waals surface area contributed by atoms with Gasteiger partial charge in [-0.3, -0.25) is 0 Å². The summed E-state index contributed by atoms with van der Waals surface area (Å²) in [5, 5.41) is 2.22. The number of hydrogen-bond donors (Lipinski definition) is 0. The van der Waals surface area contributed by atoms with Crippen LogP contribution < -0.4 is 4.74 Å². The molecule has 5 aliphatic carbocycles. The quantitative estimate of drug-likeness (QED) is 0.179. The molecule has 8 aromatic rings. The van der Waals surface area contributed by atoms with E-state index in [1.54, 1.807) is 0 Å². The van der Waals surface area contributed by atoms with Crippen LogP contribution in [-0.2, 0) is 10.8 Å². The minimum atomic E-state index is -0.476. The minimum Gasteiger partial charge on any atom is -0.457 e. The predicted molar refractivity (Wildman–Crippen MR) is 239 cm³/mol. The lowest BCUT2D eigenvalue weighted by Gasteiger charge is -2.41. The molecule has 6 aliphatic rings. The molecule has 14 rings (SSSR count). The van der Waals surface area contributed by atoms with Crippen LogP contribution in [0, 0.1) is 17.8 Å². The summed E-state index contributed by atoms with van der Waals surface area (Å²) >= 11 is 0. The van der Waals surface area contributed by atoms with Gasteiger partial charge in [0, 0.05) is 38.6 Å². The second-order valence-corrected chi connectivity index (χ2v) is 18.4. The van der Waals surface area contributed by atoms with E-state index in [9.17, 15) is 0 Å². The lowest BCUT2D eigenvalue weighted by molar-refractivity contribution is 0.308. The van der Waals surface area contributed by atoms with Crippen molar-refractivity contribution >= 4 is 27.5 Å². The Hall–Kier alpha value is -6.52. The van der Waals surface area contributed by atoms with Gasteiger partial charge in [0.25, 0.3) is 0 Å². The molecule has 2 unspecified atom stereocenters. The van der Waals surface area contributed by atoms with Gasteiger partial charge in [-0.15, -0.1) is 0 Å². The van der Waals surface area contributed by atoms with Gasteiger partial charge in [-0.25, -0.2) is 9.97 Å². The third kappa shape index (κ3) is 4.41. The third-order valence-corrected chi connectivity index (χ3v) is 15.6. The summed E-state index contributed by atoms with van der Waals surface area (Å²) < 4.78 is 13.1. The molecule has 3 saturated carbocycles. The number of ether oxygens (including phenoxy) is 1. The Morgan fingerprint density at radius 1 is 0.583 bits per heavy atom. The number of fused-ring (bicyclic) bond motifs is 12. The molecular weight excluding hydrogens is 733 g/mol. The topological polar surface area (TPSA) is 48.2 Å². The average molecular weight is 775 g/mol. The van der Waals surface area contributed by atoms with E-state index in [4.69, 9.17) is 19.1 Å². The van der Waals surface area contributed by atoms with E-state index < -0.39 is 5.41 Å². The first-order valence-electron chi connectivity index (χ1n) is 22.0. The summed E-state index contributed by atoms with van der Waals surface area (Å²) in [4.78, 5) is 10.9. The Balaban J connectivity index is 0.979. The standard InChI is InChI=1S/C56H42N2O2/c1-3-13-43-40(11-1)53-41(12-9-16-46(53)56(43)44-14-4-7-18-50(44)60-51-19-8-5-15-45(51)56)48-29-47(33-22-25-37(26-23-33)55-30-35-20-21-36(31-55)42(35)32-55)57-54(58-48)34-24-27-39-38-10-2-6-17-49(38)59-52(39)28-34/h1-2,4-12,14-19,22-29,35-36,42H,3,13,20-21,30-32H2/t35-,36+,42?,55?. The van der Waals surface area contributed by atoms with Crippen molar-refractivity contribution in [1.29, 1.82) is 0 Å². The molecule has 4 nitrogen and oxygen atoms in total. The highest BCUT2D eigenvalue weighted by Gasteiger charge is 2.58. The number of furan rings is 1. The van der Waals surface area contributed by atoms with Crippen LogP contribution >= 0.6 is 0 Å². The zero-order valence-electron chi connectivity index (χ0n) is 33.3. The van der Waals surface area contributed by atoms with Gasteiger partial charge in [-0.1, -0.05) is 115 Å². The van der Waals surface area contributed by atoms with Gasteiger partial charge < -0.3 is 9.15 Å². The van der Waals surface area contributed by atoms with Gasteiger partial charge >= 0.3 is 0 Å². The fourth-order valence-corrected chi connectivity index (χ4v) is 13.3. The van der Waals surface area contributed by atoms with Crippen LogP contribution in [0.1, 0.15) is 72.8 Å². The van der Waals surface area contributed by atoms with Crippen molar-refractivity contribution in [2.45, 2.75) is 55.8 Å². The van der Waals surface area contributed by atoms with Crippen LogP contribution in [0.3, 0.4) is 0 Å². The molecule has 0 saturated heterocycles. The summed E-state index contributed by atoms with van der Waals surface area (Å²) in [6.07, 6.45) is 13.7. The van der Waals surface area contributed by atoms with Crippen LogP contribution in [-0.4, -0.2) is 9.97 Å². The molecule has 288 valence electrons.